The SMILES string of the molecule is COc1ccc(NC(=O)C(c2c[nH]c3ccccc23)N(Cc2nc(-c3ccccc3)cs2)C(=O)CSc2nc(C)cc(C)n2)cc1. The lowest BCUT2D eigenvalue weighted by atomic mass is 10.0. The molecule has 0 aliphatic carbocycles. The van der Waals surface area contributed by atoms with Gasteiger partial charge in [-0.2, -0.15) is 0 Å². The van der Waals surface area contributed by atoms with Gasteiger partial charge in [0.1, 0.15) is 16.8 Å². The van der Waals surface area contributed by atoms with Crippen molar-refractivity contribution in [2.24, 2.45) is 0 Å². The molecule has 11 heteroatoms. The van der Waals surface area contributed by atoms with Crippen molar-refractivity contribution in [1.29, 1.82) is 0 Å². The van der Waals surface area contributed by atoms with Crippen molar-refractivity contribution in [2.45, 2.75) is 31.6 Å². The molecule has 0 bridgehead atoms. The first kappa shape index (κ1) is 31.0. The molecule has 3 aromatic heterocycles. The molecule has 3 aromatic carbocycles. The average molecular weight is 649 g/mol. The number of methoxy groups -OCH3 is 1. The van der Waals surface area contributed by atoms with Crippen molar-refractivity contribution in [3.8, 4) is 17.0 Å². The molecule has 2 N–H and O–H groups in total. The number of para-hydroxylation sites is 1. The summed E-state index contributed by atoms with van der Waals surface area (Å²) >= 11 is 2.71. The Morgan fingerprint density at radius 1 is 0.957 bits per heavy atom. The maximum Gasteiger partial charge on any atom is 0.251 e. The Kier molecular flexibility index (Phi) is 9.41. The quantitative estimate of drug-likeness (QED) is 0.113. The number of carbonyl (C=O) groups excluding carboxylic acids is 2. The minimum absolute atomic E-state index is 0.0362. The third kappa shape index (κ3) is 7.11. The van der Waals surface area contributed by atoms with Crippen molar-refractivity contribution in [3.63, 3.8) is 0 Å². The summed E-state index contributed by atoms with van der Waals surface area (Å²) in [5.74, 6) is 0.112. The van der Waals surface area contributed by atoms with E-state index in [0.29, 0.717) is 27.2 Å². The van der Waals surface area contributed by atoms with E-state index in [-0.39, 0.29) is 24.1 Å². The van der Waals surface area contributed by atoms with Crippen molar-refractivity contribution >= 4 is 51.5 Å². The molecule has 6 aromatic rings. The van der Waals surface area contributed by atoms with Crippen LogP contribution in [0.4, 0.5) is 5.69 Å². The van der Waals surface area contributed by atoms with E-state index in [0.717, 1.165) is 33.5 Å². The number of nitrogens with one attached hydrogen (secondary N) is 2. The van der Waals surface area contributed by atoms with Crippen LogP contribution in [0.1, 0.15) is 28.0 Å². The van der Waals surface area contributed by atoms with Crippen LogP contribution in [-0.2, 0) is 16.1 Å². The van der Waals surface area contributed by atoms with Crippen LogP contribution < -0.4 is 10.1 Å². The zero-order chi connectivity index (χ0) is 32.0. The number of hydrogen-bond acceptors (Lipinski definition) is 8. The molecule has 0 saturated carbocycles. The lowest BCUT2D eigenvalue weighted by Gasteiger charge is -2.30. The zero-order valence-electron chi connectivity index (χ0n) is 25.6. The Bertz CT molecular complexity index is 1950. The van der Waals surface area contributed by atoms with Crippen LogP contribution >= 0.6 is 23.1 Å². The molecule has 2 amide bonds. The van der Waals surface area contributed by atoms with Crippen molar-refractivity contribution in [1.82, 2.24) is 24.8 Å². The number of thioether (sulfide) groups is 1. The number of H-pyrrole nitrogens is 1. The molecule has 0 radical (unpaired) electrons. The maximum atomic E-state index is 14.3. The number of ether oxygens (including phenoxy) is 1. The number of aromatic amines is 1. The van der Waals surface area contributed by atoms with Crippen LogP contribution in [0.5, 0.6) is 5.75 Å². The fraction of sp³-hybridized carbons (Fsp3) is 0.171. The van der Waals surface area contributed by atoms with Crippen LogP contribution in [-0.4, -0.2) is 49.5 Å². The van der Waals surface area contributed by atoms with E-state index in [9.17, 15) is 9.59 Å². The standard InChI is InChI=1S/C35H32N6O3S2/c1-22-17-23(2)38-35(37-22)46-21-32(42)41(19-31-40-30(20-45-31)24-9-5-4-6-10-24)33(28-18-36-29-12-8-7-11-27(28)29)34(43)39-25-13-15-26(44-3)16-14-25/h4-18,20,33,36H,19,21H2,1-3H3,(H,39,43). The average Bonchev–Trinajstić information content (AvgIpc) is 3.71. The first-order chi connectivity index (χ1) is 22.4. The molecule has 0 aliphatic rings. The highest BCUT2D eigenvalue weighted by atomic mass is 32.2. The number of carbonyl (C=O) groups is 2. The van der Waals surface area contributed by atoms with Crippen molar-refractivity contribution in [2.75, 3.05) is 18.2 Å². The lowest BCUT2D eigenvalue weighted by molar-refractivity contribution is -0.137. The van der Waals surface area contributed by atoms with Crippen LogP contribution in [0.2, 0.25) is 0 Å². The molecule has 6 rings (SSSR count). The predicted molar refractivity (Wildman–Crippen MR) is 183 cm³/mol. The minimum Gasteiger partial charge on any atom is -0.497 e. The van der Waals surface area contributed by atoms with E-state index in [1.165, 1.54) is 23.1 Å². The van der Waals surface area contributed by atoms with Crippen molar-refractivity contribution in [3.05, 3.63) is 118 Å². The number of aryl methyl sites for hydroxylation is 2. The summed E-state index contributed by atoms with van der Waals surface area (Å²) in [6.45, 7) is 3.93. The molecule has 0 saturated heterocycles. The van der Waals surface area contributed by atoms with Gasteiger partial charge in [0.25, 0.3) is 5.91 Å². The van der Waals surface area contributed by atoms with Crippen molar-refractivity contribution < 1.29 is 14.3 Å². The third-order valence-corrected chi connectivity index (χ3v) is 9.03. The summed E-state index contributed by atoms with van der Waals surface area (Å²) in [7, 11) is 1.59. The summed E-state index contributed by atoms with van der Waals surface area (Å²) in [5, 5.41) is 7.09. The summed E-state index contributed by atoms with van der Waals surface area (Å²) in [6.07, 6.45) is 1.81. The Morgan fingerprint density at radius 3 is 2.41 bits per heavy atom. The van der Waals surface area contributed by atoms with Crippen LogP contribution in [0.15, 0.2) is 102 Å². The van der Waals surface area contributed by atoms with E-state index in [4.69, 9.17) is 9.72 Å². The van der Waals surface area contributed by atoms with E-state index < -0.39 is 6.04 Å². The highest BCUT2D eigenvalue weighted by Crippen LogP contribution is 2.33. The second-order valence-corrected chi connectivity index (χ2v) is 12.5. The second-order valence-electron chi connectivity index (χ2n) is 10.6. The molecule has 0 fully saturated rings. The van der Waals surface area contributed by atoms with Crippen LogP contribution in [0.25, 0.3) is 22.2 Å². The summed E-state index contributed by atoms with van der Waals surface area (Å²) in [6, 6.07) is 25.7. The highest BCUT2D eigenvalue weighted by molar-refractivity contribution is 7.99. The van der Waals surface area contributed by atoms with Gasteiger partial charge in [0.2, 0.25) is 5.91 Å². The largest absolute Gasteiger partial charge is 0.497 e. The van der Waals surface area contributed by atoms with Gasteiger partial charge in [0.05, 0.1) is 25.1 Å². The first-order valence-corrected chi connectivity index (χ1v) is 16.5. The number of aromatic nitrogens is 4. The lowest BCUT2D eigenvalue weighted by Crippen LogP contribution is -2.41. The van der Waals surface area contributed by atoms with Gasteiger partial charge in [-0.15, -0.1) is 11.3 Å². The molecule has 1 atom stereocenters. The van der Waals surface area contributed by atoms with E-state index in [1.54, 1.807) is 42.5 Å². The molecular formula is C35H32N6O3S2. The minimum atomic E-state index is -0.976. The molecular weight excluding hydrogens is 617 g/mol. The fourth-order valence-electron chi connectivity index (χ4n) is 5.22. The number of nitrogens with zero attached hydrogens (tertiary/aromatic N) is 4. The van der Waals surface area contributed by atoms with Crippen LogP contribution in [0.3, 0.4) is 0 Å². The van der Waals surface area contributed by atoms with Gasteiger partial charge in [-0.25, -0.2) is 15.0 Å². The number of rotatable bonds is 11. The van der Waals surface area contributed by atoms with Crippen LogP contribution in [0, 0.1) is 13.8 Å². The zero-order valence-corrected chi connectivity index (χ0v) is 27.2. The first-order valence-electron chi connectivity index (χ1n) is 14.6. The molecule has 3 heterocycles. The third-order valence-electron chi connectivity index (χ3n) is 7.37. The number of thiazole rings is 1. The van der Waals surface area contributed by atoms with E-state index >= 15 is 0 Å². The number of anilines is 1. The summed E-state index contributed by atoms with van der Waals surface area (Å²) in [5.41, 5.74) is 5.58. The van der Waals surface area contributed by atoms with Gasteiger partial charge in [-0.05, 0) is 50.2 Å². The smallest absolute Gasteiger partial charge is 0.251 e. The maximum absolute atomic E-state index is 14.3. The second kappa shape index (κ2) is 14.0. The molecule has 1 unspecified atom stereocenters. The Labute approximate surface area is 275 Å². The number of fused-ring (bicyclic) bond motifs is 1. The number of hydrogen-bond donors (Lipinski definition) is 2. The Balaban J connectivity index is 1.39. The predicted octanol–water partition coefficient (Wildman–Crippen LogP) is 7.21. The molecule has 9 nitrogen and oxygen atoms in total. The normalized spacial score (nSPS) is 11.7. The van der Waals surface area contributed by atoms with Gasteiger partial charge >= 0.3 is 0 Å². The fourth-order valence-corrected chi connectivity index (χ4v) is 6.85. The van der Waals surface area contributed by atoms with E-state index in [2.05, 4.69) is 20.3 Å². The van der Waals surface area contributed by atoms with Gasteiger partial charge in [0.15, 0.2) is 5.16 Å². The van der Waals surface area contributed by atoms with Gasteiger partial charge in [0, 0.05) is 50.7 Å². The van der Waals surface area contributed by atoms with Gasteiger partial charge in [-0.3, -0.25) is 9.59 Å². The van der Waals surface area contributed by atoms with Gasteiger partial charge in [-0.1, -0.05) is 60.3 Å². The summed E-state index contributed by atoms with van der Waals surface area (Å²) < 4.78 is 5.29. The molecule has 232 valence electrons. The van der Waals surface area contributed by atoms with E-state index in [1.807, 2.05) is 79.9 Å². The Hall–Kier alpha value is -5.00. The number of amides is 2. The highest BCUT2D eigenvalue weighted by Gasteiger charge is 2.34. The van der Waals surface area contributed by atoms with Gasteiger partial charge < -0.3 is 19.9 Å². The molecule has 0 spiro atoms. The topological polar surface area (TPSA) is 113 Å². The molecule has 46 heavy (non-hydrogen) atoms. The Morgan fingerprint density at radius 2 is 1.67 bits per heavy atom. The monoisotopic (exact) mass is 648 g/mol. The molecule has 0 aliphatic heterocycles. The summed E-state index contributed by atoms with van der Waals surface area (Å²) in [4.78, 5) is 47.4. The number of benzene rings is 3.